The van der Waals surface area contributed by atoms with Gasteiger partial charge >= 0.3 is 119 Å². The molecule has 0 aliphatic carbocycles. The first-order chi connectivity index (χ1) is 0. The van der Waals surface area contributed by atoms with Crippen molar-refractivity contribution in [2.75, 3.05) is 0 Å². The summed E-state index contributed by atoms with van der Waals surface area (Å²) in [6.45, 7) is 0. The normalized spacial score (nSPS) is 0. The van der Waals surface area contributed by atoms with Gasteiger partial charge in [-0.2, -0.15) is 0 Å². The van der Waals surface area contributed by atoms with Gasteiger partial charge < -0.3 is 38.3 Å². The summed E-state index contributed by atoms with van der Waals surface area (Å²) in [6, 6.07) is 0. The molecule has 0 aromatic carbocycles. The number of rotatable bonds is 0. The summed E-state index contributed by atoms with van der Waals surface area (Å²) < 4.78 is 0. The maximum Gasteiger partial charge on any atom is 2.00 e. The third-order valence-corrected chi connectivity index (χ3v) is 0. The van der Waals surface area contributed by atoms with Crippen molar-refractivity contribution in [1.82, 2.24) is 0 Å². The summed E-state index contributed by atoms with van der Waals surface area (Å²) in [4.78, 5) is 0. The Morgan fingerprint density at radius 2 is 0.143 bits per heavy atom. The molecule has 98 valence electrons. The standard InChI is InChI=1S/7Fe.7O/q7*+2;7*-2. The summed E-state index contributed by atoms with van der Waals surface area (Å²) in [6.07, 6.45) is 0. The van der Waals surface area contributed by atoms with Crippen LogP contribution in [-0.2, 0) is 158 Å². The third kappa shape index (κ3) is 281. The molecular weight excluding hydrogens is 503 g/mol. The van der Waals surface area contributed by atoms with Gasteiger partial charge in [0.15, 0.2) is 0 Å². The molecule has 14 heteroatoms. The Balaban J connectivity index is 0. The quantitative estimate of drug-likeness (QED) is 0.372. The SMILES string of the molecule is [Fe+2].[Fe+2].[Fe+2].[Fe+2].[Fe+2].[Fe+2].[Fe+2].[O-2].[O-2].[O-2].[O-2].[O-2].[O-2].[O-2]. The van der Waals surface area contributed by atoms with E-state index in [1.165, 1.54) is 0 Å². The van der Waals surface area contributed by atoms with Crippen LogP contribution in [0.5, 0.6) is 0 Å². The van der Waals surface area contributed by atoms with Gasteiger partial charge in [-0.1, -0.05) is 0 Å². The van der Waals surface area contributed by atoms with Gasteiger partial charge in [-0.3, -0.25) is 0 Å². The van der Waals surface area contributed by atoms with Crippen LogP contribution >= 0.6 is 0 Å². The molecule has 0 unspecified atom stereocenters. The first kappa shape index (κ1) is 412. The molecule has 0 heterocycles. The van der Waals surface area contributed by atoms with Gasteiger partial charge in [0.1, 0.15) is 0 Å². The van der Waals surface area contributed by atoms with Gasteiger partial charge in [0, 0.05) is 0 Å². The van der Waals surface area contributed by atoms with E-state index in [1.807, 2.05) is 0 Å². The smallest absolute Gasteiger partial charge is 2.00 e. The molecule has 0 aliphatic heterocycles. The van der Waals surface area contributed by atoms with E-state index in [0.717, 1.165) is 0 Å². The molecule has 0 saturated carbocycles. The van der Waals surface area contributed by atoms with Crippen molar-refractivity contribution in [3.05, 3.63) is 0 Å². The van der Waals surface area contributed by atoms with E-state index in [4.69, 9.17) is 0 Å². The molecule has 0 aromatic heterocycles. The van der Waals surface area contributed by atoms with Crippen LogP contribution in [0.2, 0.25) is 0 Å². The maximum atomic E-state index is 0. The van der Waals surface area contributed by atoms with Crippen molar-refractivity contribution in [2.45, 2.75) is 0 Å². The Morgan fingerprint density at radius 3 is 0.143 bits per heavy atom. The molecule has 0 fully saturated rings. The Hall–Kier alpha value is 3.36. The molecule has 0 atom stereocenters. The molecule has 0 spiro atoms. The van der Waals surface area contributed by atoms with Crippen LogP contribution in [0.1, 0.15) is 0 Å². The van der Waals surface area contributed by atoms with E-state index in [0.29, 0.717) is 0 Å². The zero-order chi connectivity index (χ0) is 0. The summed E-state index contributed by atoms with van der Waals surface area (Å²) in [5, 5.41) is 0. The van der Waals surface area contributed by atoms with Crippen LogP contribution in [0.3, 0.4) is 0 Å². The van der Waals surface area contributed by atoms with Crippen LogP contribution in [0.4, 0.5) is 0 Å². The maximum absolute atomic E-state index is 0. The molecule has 0 aliphatic rings. The van der Waals surface area contributed by atoms with Crippen LogP contribution < -0.4 is 0 Å². The fourth-order valence-corrected chi connectivity index (χ4v) is 0. The van der Waals surface area contributed by atoms with Gasteiger partial charge in [0.25, 0.3) is 0 Å². The van der Waals surface area contributed by atoms with Gasteiger partial charge in [-0.25, -0.2) is 0 Å². The third-order valence-electron chi connectivity index (χ3n) is 0. The van der Waals surface area contributed by atoms with Crippen molar-refractivity contribution in [3.8, 4) is 0 Å². The second kappa shape index (κ2) is 342. The summed E-state index contributed by atoms with van der Waals surface area (Å²) in [7, 11) is 0. The van der Waals surface area contributed by atoms with E-state index in [9.17, 15) is 0 Å². The van der Waals surface area contributed by atoms with E-state index in [-0.39, 0.29) is 158 Å². The van der Waals surface area contributed by atoms with Crippen molar-refractivity contribution < 1.29 is 158 Å². The minimum atomic E-state index is 0. The van der Waals surface area contributed by atoms with E-state index in [1.54, 1.807) is 0 Å². The van der Waals surface area contributed by atoms with Crippen LogP contribution in [0.25, 0.3) is 0 Å². The Labute approximate surface area is 156 Å². The summed E-state index contributed by atoms with van der Waals surface area (Å²) in [5.41, 5.74) is 0. The first-order valence-electron chi connectivity index (χ1n) is 0. The largest absolute Gasteiger partial charge is 2.00 e. The molecule has 0 radical (unpaired) electrons. The van der Waals surface area contributed by atoms with Crippen LogP contribution in [0, 0.1) is 0 Å². The first-order valence-corrected chi connectivity index (χ1v) is 0. The van der Waals surface area contributed by atoms with Crippen molar-refractivity contribution in [3.63, 3.8) is 0 Å². The second-order valence-electron chi connectivity index (χ2n) is 0. The van der Waals surface area contributed by atoms with E-state index < -0.39 is 0 Å². The van der Waals surface area contributed by atoms with Gasteiger partial charge in [-0.15, -0.1) is 0 Å². The number of hydrogen-bond donors (Lipinski definition) is 0. The molecule has 0 amide bonds. The average molecular weight is 503 g/mol. The van der Waals surface area contributed by atoms with Gasteiger partial charge in [0.05, 0.1) is 0 Å². The minimum Gasteiger partial charge on any atom is -2.00 e. The Bertz CT molecular complexity index is 14.0. The predicted octanol–water partition coefficient (Wildman–Crippen LogP) is -0.849. The molecule has 0 bridgehead atoms. The molecule has 14 heavy (non-hydrogen) atoms. The molecule has 0 aromatic rings. The Kier molecular flexibility index (Phi) is 10100. The fourth-order valence-electron chi connectivity index (χ4n) is 0. The second-order valence-corrected chi connectivity index (χ2v) is 0. The van der Waals surface area contributed by atoms with Gasteiger partial charge in [-0.05, 0) is 0 Å². The zero-order valence-electron chi connectivity index (χ0n) is 5.33. The average Bonchev–Trinajstić information content (AvgIpc) is 0. The van der Waals surface area contributed by atoms with Crippen molar-refractivity contribution >= 4 is 0 Å². The van der Waals surface area contributed by atoms with Crippen LogP contribution in [0.15, 0.2) is 0 Å². The molecular formula is Fe7O7. The van der Waals surface area contributed by atoms with Crippen LogP contribution in [-0.4, -0.2) is 0 Å². The van der Waals surface area contributed by atoms with Crippen molar-refractivity contribution in [1.29, 1.82) is 0 Å². The van der Waals surface area contributed by atoms with E-state index >= 15 is 0 Å². The predicted molar refractivity (Wildman–Crippen MR) is 4.81 cm³/mol. The minimum absolute atomic E-state index is 0. The topological polar surface area (TPSA) is 200 Å². The molecule has 7 nitrogen and oxygen atoms in total. The molecule has 0 N–H and O–H groups in total. The molecule has 0 saturated heterocycles. The summed E-state index contributed by atoms with van der Waals surface area (Å²) >= 11 is 0. The van der Waals surface area contributed by atoms with E-state index in [2.05, 4.69) is 0 Å². The van der Waals surface area contributed by atoms with Crippen molar-refractivity contribution in [2.24, 2.45) is 0 Å². The Morgan fingerprint density at radius 1 is 0.143 bits per heavy atom. The number of hydrogen-bond acceptors (Lipinski definition) is 0. The fraction of sp³-hybridized carbons (Fsp3) is 0. The zero-order valence-corrected chi connectivity index (χ0v) is 13.1. The van der Waals surface area contributed by atoms with Gasteiger partial charge in [0.2, 0.25) is 0 Å². The molecule has 0 rings (SSSR count). The monoisotopic (exact) mass is 504 g/mol. The summed E-state index contributed by atoms with van der Waals surface area (Å²) in [5.74, 6) is 0.